The van der Waals surface area contributed by atoms with Crippen LogP contribution in [0.2, 0.25) is 0 Å². The molecule has 2 N–H and O–H groups in total. The highest BCUT2D eigenvalue weighted by atomic mass is 79.9. The van der Waals surface area contributed by atoms with Gasteiger partial charge < -0.3 is 10.6 Å². The maximum absolute atomic E-state index is 12.0. The van der Waals surface area contributed by atoms with Crippen molar-refractivity contribution in [2.45, 2.75) is 25.3 Å². The molecular formula is C16H17BrN2O. The number of fused-ring (bicyclic) bond motifs is 1. The second kappa shape index (κ2) is 5.94. The van der Waals surface area contributed by atoms with Gasteiger partial charge in [-0.15, -0.1) is 0 Å². The van der Waals surface area contributed by atoms with Crippen LogP contribution in [0.3, 0.4) is 0 Å². The van der Waals surface area contributed by atoms with Gasteiger partial charge in [-0.1, -0.05) is 28.1 Å². The van der Waals surface area contributed by atoms with Crippen molar-refractivity contribution in [2.75, 3.05) is 11.9 Å². The zero-order valence-electron chi connectivity index (χ0n) is 11.2. The number of carbonyl (C=O) groups is 1. The summed E-state index contributed by atoms with van der Waals surface area (Å²) >= 11 is 3.46. The smallest absolute Gasteiger partial charge is 0.225 e. The summed E-state index contributed by atoms with van der Waals surface area (Å²) in [5.41, 5.74) is 0.864. The van der Waals surface area contributed by atoms with Crippen molar-refractivity contribution in [3.05, 3.63) is 40.9 Å². The van der Waals surface area contributed by atoms with E-state index in [2.05, 4.69) is 32.6 Å². The third-order valence-corrected chi connectivity index (χ3v) is 4.17. The second-order valence-corrected chi connectivity index (χ2v) is 6.17. The Bertz CT molecular complexity index is 635. The fourth-order valence-corrected chi connectivity index (χ4v) is 3.04. The number of halogens is 1. The lowest BCUT2D eigenvalue weighted by Gasteiger charge is -2.11. The minimum Gasteiger partial charge on any atom is -0.326 e. The third-order valence-electron chi connectivity index (χ3n) is 3.68. The quantitative estimate of drug-likeness (QED) is 0.900. The Labute approximate surface area is 126 Å². The highest BCUT2D eigenvalue weighted by molar-refractivity contribution is 9.10. The lowest BCUT2D eigenvalue weighted by atomic mass is 10.1. The number of nitrogens with one attached hydrogen (secondary N) is 2. The Kier molecular flexibility index (Phi) is 4.03. The second-order valence-electron chi connectivity index (χ2n) is 5.25. The van der Waals surface area contributed by atoms with Crippen LogP contribution in [0.1, 0.15) is 19.3 Å². The molecule has 0 aliphatic carbocycles. The summed E-state index contributed by atoms with van der Waals surface area (Å²) in [7, 11) is 0. The lowest BCUT2D eigenvalue weighted by molar-refractivity contribution is -0.116. The van der Waals surface area contributed by atoms with Gasteiger partial charge in [-0.05, 0) is 54.4 Å². The summed E-state index contributed by atoms with van der Waals surface area (Å²) in [5, 5.41) is 8.62. The number of hydrogen-bond donors (Lipinski definition) is 2. The minimum atomic E-state index is 0.0841. The maximum Gasteiger partial charge on any atom is 0.225 e. The Morgan fingerprint density at radius 1 is 1.25 bits per heavy atom. The summed E-state index contributed by atoms with van der Waals surface area (Å²) < 4.78 is 1.06. The normalized spacial score (nSPS) is 18.4. The SMILES string of the molecule is O=C(CC1CCCN1)Nc1ccc2cc(Br)ccc2c1. The van der Waals surface area contributed by atoms with Crippen LogP contribution < -0.4 is 10.6 Å². The Morgan fingerprint density at radius 3 is 2.85 bits per heavy atom. The molecule has 1 saturated heterocycles. The Balaban J connectivity index is 1.70. The van der Waals surface area contributed by atoms with Crippen molar-refractivity contribution < 1.29 is 4.79 Å². The number of anilines is 1. The van der Waals surface area contributed by atoms with Crippen LogP contribution in [0, 0.1) is 0 Å². The Morgan fingerprint density at radius 2 is 2.05 bits per heavy atom. The van der Waals surface area contributed by atoms with Crippen LogP contribution in [0.15, 0.2) is 40.9 Å². The van der Waals surface area contributed by atoms with E-state index in [1.54, 1.807) is 0 Å². The zero-order chi connectivity index (χ0) is 13.9. The van der Waals surface area contributed by atoms with Gasteiger partial charge in [-0.25, -0.2) is 0 Å². The van der Waals surface area contributed by atoms with Gasteiger partial charge in [0, 0.05) is 22.6 Å². The monoisotopic (exact) mass is 332 g/mol. The van der Waals surface area contributed by atoms with E-state index in [-0.39, 0.29) is 5.91 Å². The number of amides is 1. The van der Waals surface area contributed by atoms with E-state index in [1.165, 1.54) is 6.42 Å². The molecule has 20 heavy (non-hydrogen) atoms. The van der Waals surface area contributed by atoms with Gasteiger partial charge >= 0.3 is 0 Å². The molecule has 2 aromatic rings. The van der Waals surface area contributed by atoms with Gasteiger partial charge in [-0.2, -0.15) is 0 Å². The molecule has 1 fully saturated rings. The van der Waals surface area contributed by atoms with Crippen molar-refractivity contribution >= 4 is 38.3 Å². The minimum absolute atomic E-state index is 0.0841. The van der Waals surface area contributed by atoms with Crippen LogP contribution in [0.5, 0.6) is 0 Å². The average molecular weight is 333 g/mol. The largest absolute Gasteiger partial charge is 0.326 e. The first-order valence-corrected chi connectivity index (χ1v) is 7.72. The van der Waals surface area contributed by atoms with E-state index in [9.17, 15) is 4.79 Å². The topological polar surface area (TPSA) is 41.1 Å². The van der Waals surface area contributed by atoms with E-state index in [0.717, 1.165) is 33.9 Å². The average Bonchev–Trinajstić information content (AvgIpc) is 2.91. The lowest BCUT2D eigenvalue weighted by Crippen LogP contribution is -2.27. The number of carbonyl (C=O) groups excluding carboxylic acids is 1. The van der Waals surface area contributed by atoms with E-state index < -0.39 is 0 Å². The molecule has 1 aliphatic heterocycles. The van der Waals surface area contributed by atoms with Crippen molar-refractivity contribution in [3.8, 4) is 0 Å². The van der Waals surface area contributed by atoms with E-state index in [1.807, 2.05) is 30.3 Å². The fraction of sp³-hybridized carbons (Fsp3) is 0.312. The van der Waals surface area contributed by atoms with Gasteiger partial charge in [0.1, 0.15) is 0 Å². The number of benzene rings is 2. The summed E-state index contributed by atoms with van der Waals surface area (Å²) in [6.45, 7) is 1.03. The van der Waals surface area contributed by atoms with Crippen molar-refractivity contribution in [1.82, 2.24) is 5.32 Å². The Hall–Kier alpha value is -1.39. The van der Waals surface area contributed by atoms with E-state index in [4.69, 9.17) is 0 Å². The molecule has 0 saturated carbocycles. The predicted octanol–water partition coefficient (Wildman–Crippen LogP) is 3.68. The molecule has 3 nitrogen and oxygen atoms in total. The number of hydrogen-bond acceptors (Lipinski definition) is 2. The first-order chi connectivity index (χ1) is 9.70. The summed E-state index contributed by atoms with van der Waals surface area (Å²) in [6, 6.07) is 12.5. The first kappa shape index (κ1) is 13.6. The summed E-state index contributed by atoms with van der Waals surface area (Å²) in [6.07, 6.45) is 2.82. The van der Waals surface area contributed by atoms with Crippen molar-refractivity contribution in [1.29, 1.82) is 0 Å². The van der Waals surface area contributed by atoms with Gasteiger partial charge in [0.2, 0.25) is 5.91 Å². The molecule has 1 aliphatic rings. The molecule has 0 spiro atoms. The predicted molar refractivity (Wildman–Crippen MR) is 85.9 cm³/mol. The molecule has 1 amide bonds. The van der Waals surface area contributed by atoms with Crippen LogP contribution in [0.4, 0.5) is 5.69 Å². The fourth-order valence-electron chi connectivity index (χ4n) is 2.66. The van der Waals surface area contributed by atoms with Gasteiger partial charge in [-0.3, -0.25) is 4.79 Å². The maximum atomic E-state index is 12.0. The van der Waals surface area contributed by atoms with E-state index in [0.29, 0.717) is 12.5 Å². The van der Waals surface area contributed by atoms with Gasteiger partial charge in [0.15, 0.2) is 0 Å². The molecule has 2 aromatic carbocycles. The van der Waals surface area contributed by atoms with Crippen LogP contribution >= 0.6 is 15.9 Å². The molecule has 3 rings (SSSR count). The molecule has 0 bridgehead atoms. The molecule has 1 atom stereocenters. The molecule has 104 valence electrons. The van der Waals surface area contributed by atoms with Gasteiger partial charge in [0.25, 0.3) is 0 Å². The van der Waals surface area contributed by atoms with Crippen LogP contribution in [0.25, 0.3) is 10.8 Å². The molecular weight excluding hydrogens is 316 g/mol. The van der Waals surface area contributed by atoms with Crippen molar-refractivity contribution in [2.24, 2.45) is 0 Å². The highest BCUT2D eigenvalue weighted by Gasteiger charge is 2.17. The van der Waals surface area contributed by atoms with Crippen molar-refractivity contribution in [3.63, 3.8) is 0 Å². The first-order valence-electron chi connectivity index (χ1n) is 6.93. The number of rotatable bonds is 3. The zero-order valence-corrected chi connectivity index (χ0v) is 12.7. The molecule has 4 heteroatoms. The van der Waals surface area contributed by atoms with Crippen LogP contribution in [-0.2, 0) is 4.79 Å². The molecule has 1 heterocycles. The highest BCUT2D eigenvalue weighted by Crippen LogP contribution is 2.23. The molecule has 0 radical (unpaired) electrons. The summed E-state index contributed by atoms with van der Waals surface area (Å²) in [5.74, 6) is 0.0841. The standard InChI is InChI=1S/C16H17BrN2O/c17-13-5-3-12-9-15(6-4-11(12)8-13)19-16(20)10-14-2-1-7-18-14/h3-6,8-9,14,18H,1-2,7,10H2,(H,19,20). The molecule has 0 aromatic heterocycles. The third kappa shape index (κ3) is 3.19. The molecule has 1 unspecified atom stereocenters. The van der Waals surface area contributed by atoms with Crippen LogP contribution in [-0.4, -0.2) is 18.5 Å². The van der Waals surface area contributed by atoms with E-state index >= 15 is 0 Å². The summed E-state index contributed by atoms with van der Waals surface area (Å²) in [4.78, 5) is 12.0. The van der Waals surface area contributed by atoms with Gasteiger partial charge in [0.05, 0.1) is 0 Å².